The van der Waals surface area contributed by atoms with Gasteiger partial charge in [0.25, 0.3) is 0 Å². The van der Waals surface area contributed by atoms with Crippen molar-refractivity contribution in [3.05, 3.63) is 28.8 Å². The van der Waals surface area contributed by atoms with Gasteiger partial charge in [-0.1, -0.05) is 17.7 Å². The van der Waals surface area contributed by atoms with Crippen LogP contribution in [0, 0.1) is 5.92 Å². The third kappa shape index (κ3) is 3.87. The molecule has 1 aliphatic carbocycles. The van der Waals surface area contributed by atoms with E-state index in [2.05, 4.69) is 0 Å². The lowest BCUT2D eigenvalue weighted by atomic mass is 9.82. The number of ketones is 1. The van der Waals surface area contributed by atoms with Crippen LogP contribution in [0.1, 0.15) is 37.2 Å². The predicted octanol–water partition coefficient (Wildman–Crippen LogP) is 2.67. The summed E-state index contributed by atoms with van der Waals surface area (Å²) in [5.74, 6) is -1.19. The Morgan fingerprint density at radius 1 is 1.45 bits per heavy atom. The van der Waals surface area contributed by atoms with Crippen LogP contribution < -0.4 is 0 Å². The van der Waals surface area contributed by atoms with Crippen molar-refractivity contribution >= 4 is 33.2 Å². The topological polar surface area (TPSA) is 88.5 Å². The third-order valence-corrected chi connectivity index (χ3v) is 5.61. The highest BCUT2D eigenvalue weighted by Gasteiger charge is 2.32. The number of carboxylic acids is 1. The van der Waals surface area contributed by atoms with E-state index < -0.39 is 15.8 Å². The quantitative estimate of drug-likeness (QED) is 0.887. The average Bonchev–Trinajstić information content (AvgIpc) is 2.80. The number of hydrogen-bond acceptors (Lipinski definition) is 4. The van der Waals surface area contributed by atoms with Crippen LogP contribution in [0.25, 0.3) is 0 Å². The number of halogens is 1. The van der Waals surface area contributed by atoms with E-state index in [-0.39, 0.29) is 34.0 Å². The number of aliphatic carboxylic acids is 1. The van der Waals surface area contributed by atoms with Crippen molar-refractivity contribution < 1.29 is 23.1 Å². The Morgan fingerprint density at radius 2 is 2.14 bits per heavy atom. The van der Waals surface area contributed by atoms with Crippen LogP contribution in [0.4, 0.5) is 0 Å². The molecule has 0 heterocycles. The number of Topliss-reactive ketones (excluding diaryl/α,β-unsaturated/α-hetero) is 1. The number of carboxylic acid groups (broad SMARTS) is 1. The van der Waals surface area contributed by atoms with Crippen molar-refractivity contribution in [3.8, 4) is 0 Å². The van der Waals surface area contributed by atoms with E-state index >= 15 is 0 Å². The molecule has 0 saturated heterocycles. The zero-order valence-corrected chi connectivity index (χ0v) is 13.7. The van der Waals surface area contributed by atoms with Gasteiger partial charge in [0.2, 0.25) is 0 Å². The largest absolute Gasteiger partial charge is 0.481 e. The van der Waals surface area contributed by atoms with Crippen molar-refractivity contribution in [3.63, 3.8) is 0 Å². The molecule has 1 aliphatic rings. The summed E-state index contributed by atoms with van der Waals surface area (Å²) in [4.78, 5) is 22.6. The van der Waals surface area contributed by atoms with E-state index in [1.807, 2.05) is 0 Å². The molecular weight excluding hydrogens is 328 g/mol. The van der Waals surface area contributed by atoms with Crippen LogP contribution in [0.3, 0.4) is 0 Å². The first kappa shape index (κ1) is 17.0. The van der Waals surface area contributed by atoms with E-state index in [9.17, 15) is 18.0 Å². The molecule has 0 aliphatic heterocycles. The minimum Gasteiger partial charge on any atom is -0.481 e. The molecule has 1 saturated carbocycles. The van der Waals surface area contributed by atoms with Gasteiger partial charge in [0.15, 0.2) is 9.84 Å². The Morgan fingerprint density at radius 3 is 2.59 bits per heavy atom. The Hall–Kier alpha value is -1.40. The maximum atomic E-state index is 11.6. The zero-order valence-electron chi connectivity index (χ0n) is 12.1. The molecule has 7 heteroatoms. The molecule has 1 aromatic rings. The lowest BCUT2D eigenvalue weighted by Gasteiger charge is -2.22. The van der Waals surface area contributed by atoms with Gasteiger partial charge in [0, 0.05) is 19.1 Å². The Kier molecular flexibility index (Phi) is 4.92. The first-order valence-corrected chi connectivity index (χ1v) is 9.18. The van der Waals surface area contributed by atoms with E-state index in [4.69, 9.17) is 16.7 Å². The van der Waals surface area contributed by atoms with Crippen LogP contribution in [-0.2, 0) is 19.4 Å². The zero-order chi connectivity index (χ0) is 16.5. The molecule has 1 aromatic carbocycles. The highest BCUT2D eigenvalue weighted by Crippen LogP contribution is 2.39. The summed E-state index contributed by atoms with van der Waals surface area (Å²) in [5.41, 5.74) is 0.666. The smallest absolute Gasteiger partial charge is 0.303 e. The Balaban J connectivity index is 2.37. The molecule has 22 heavy (non-hydrogen) atoms. The van der Waals surface area contributed by atoms with Crippen LogP contribution in [0.15, 0.2) is 23.1 Å². The highest BCUT2D eigenvalue weighted by atomic mass is 35.5. The molecule has 1 N–H and O–H groups in total. The molecule has 2 rings (SSSR count). The number of rotatable bonds is 5. The first-order valence-electron chi connectivity index (χ1n) is 6.91. The summed E-state index contributed by atoms with van der Waals surface area (Å²) >= 11 is 6.04. The number of benzene rings is 1. The van der Waals surface area contributed by atoms with Crippen molar-refractivity contribution in [2.45, 2.75) is 36.5 Å². The molecule has 120 valence electrons. The molecule has 0 bridgehead atoms. The molecule has 1 fully saturated rings. The molecule has 0 aromatic heterocycles. The van der Waals surface area contributed by atoms with Crippen molar-refractivity contribution in [1.82, 2.24) is 0 Å². The molecule has 0 radical (unpaired) electrons. The molecule has 0 unspecified atom stereocenters. The van der Waals surface area contributed by atoms with Crippen LogP contribution >= 0.6 is 11.6 Å². The number of carbonyl (C=O) groups is 2. The molecule has 0 spiro atoms. The van der Waals surface area contributed by atoms with Gasteiger partial charge in [-0.05, 0) is 36.0 Å². The van der Waals surface area contributed by atoms with Crippen molar-refractivity contribution in [2.75, 3.05) is 6.26 Å². The fourth-order valence-corrected chi connectivity index (χ4v) is 4.32. The van der Waals surface area contributed by atoms with Crippen LogP contribution in [0.2, 0.25) is 5.02 Å². The van der Waals surface area contributed by atoms with Crippen molar-refractivity contribution in [1.29, 1.82) is 0 Å². The normalized spacial score (nSPS) is 20.1. The highest BCUT2D eigenvalue weighted by molar-refractivity contribution is 7.90. The second kappa shape index (κ2) is 6.38. The van der Waals surface area contributed by atoms with Crippen molar-refractivity contribution in [2.24, 2.45) is 5.92 Å². The summed E-state index contributed by atoms with van der Waals surface area (Å²) in [5, 5.41) is 9.19. The molecule has 0 amide bonds. The summed E-state index contributed by atoms with van der Waals surface area (Å²) in [7, 11) is -3.43. The molecule has 2 atom stereocenters. The summed E-state index contributed by atoms with van der Waals surface area (Å²) < 4.78 is 23.2. The van der Waals surface area contributed by atoms with E-state index in [0.717, 1.165) is 6.26 Å². The summed E-state index contributed by atoms with van der Waals surface area (Å²) in [6.07, 6.45) is 2.45. The lowest BCUT2D eigenvalue weighted by Crippen LogP contribution is -2.15. The van der Waals surface area contributed by atoms with Gasteiger partial charge in [0.05, 0.1) is 16.3 Å². The SMILES string of the molecule is CS(=O)(=O)c1ccc([C@H](CC(=O)O)[C@H]2CCC(=O)C2)cc1Cl. The fraction of sp³-hybridized carbons (Fsp3) is 0.467. The average molecular weight is 345 g/mol. The predicted molar refractivity (Wildman–Crippen MR) is 81.9 cm³/mol. The maximum Gasteiger partial charge on any atom is 0.303 e. The maximum absolute atomic E-state index is 11.6. The number of hydrogen-bond donors (Lipinski definition) is 1. The summed E-state index contributed by atoms with van der Waals surface area (Å²) in [6, 6.07) is 4.51. The van der Waals surface area contributed by atoms with E-state index in [1.54, 1.807) is 6.07 Å². The number of sulfone groups is 1. The third-order valence-electron chi connectivity index (χ3n) is 4.03. The minimum absolute atomic E-state index is 0.0227. The van der Waals surface area contributed by atoms with Gasteiger partial charge in [-0.3, -0.25) is 9.59 Å². The van der Waals surface area contributed by atoms with Gasteiger partial charge >= 0.3 is 5.97 Å². The monoisotopic (exact) mass is 344 g/mol. The first-order chi connectivity index (χ1) is 10.2. The number of carbonyl (C=O) groups excluding carboxylic acids is 1. The van der Waals surface area contributed by atoms with Gasteiger partial charge < -0.3 is 5.11 Å². The fourth-order valence-electron chi connectivity index (χ4n) is 2.98. The van der Waals surface area contributed by atoms with Gasteiger partial charge in [-0.15, -0.1) is 0 Å². The van der Waals surface area contributed by atoms with E-state index in [1.165, 1.54) is 12.1 Å². The lowest BCUT2D eigenvalue weighted by molar-refractivity contribution is -0.137. The van der Waals surface area contributed by atoms with E-state index in [0.29, 0.717) is 24.8 Å². The Bertz CT molecular complexity index is 711. The standard InChI is InChI=1S/C15H17ClO5S/c1-22(20,21)14-5-3-10(7-13(14)16)12(8-15(18)19)9-2-4-11(17)6-9/h3,5,7,9,12H,2,4,6,8H2,1H3,(H,18,19)/t9-,12+/m0/s1. The molecule has 5 nitrogen and oxygen atoms in total. The van der Waals surface area contributed by atoms with Gasteiger partial charge in [-0.2, -0.15) is 0 Å². The minimum atomic E-state index is -3.43. The Labute approximate surface area is 134 Å². The van der Waals surface area contributed by atoms with Crippen LogP contribution in [0.5, 0.6) is 0 Å². The van der Waals surface area contributed by atoms with Crippen LogP contribution in [-0.4, -0.2) is 31.5 Å². The van der Waals surface area contributed by atoms with Gasteiger partial charge in [0.1, 0.15) is 5.78 Å². The molecular formula is C15H17ClO5S. The summed E-state index contributed by atoms with van der Waals surface area (Å²) in [6.45, 7) is 0. The van der Waals surface area contributed by atoms with Gasteiger partial charge in [-0.25, -0.2) is 8.42 Å². The second-order valence-corrected chi connectivity index (χ2v) is 8.10. The second-order valence-electron chi connectivity index (χ2n) is 5.71.